The molecule has 1 saturated carbocycles. The molecule has 0 atom stereocenters. The molecule has 1 saturated heterocycles. The summed E-state index contributed by atoms with van der Waals surface area (Å²) in [7, 11) is 0. The monoisotopic (exact) mass is 459 g/mol. The van der Waals surface area contributed by atoms with Crippen LogP contribution in [-0.4, -0.2) is 64.2 Å². The van der Waals surface area contributed by atoms with Gasteiger partial charge in [-0.1, -0.05) is 47.3 Å². The number of nitrogens with zero attached hydrogens (tertiary/aromatic N) is 3. The second-order valence-electron chi connectivity index (χ2n) is 7.74. The highest BCUT2D eigenvalue weighted by molar-refractivity contribution is 9.10. The van der Waals surface area contributed by atoms with E-state index in [1.165, 1.54) is 19.3 Å². The molecule has 0 radical (unpaired) electrons. The number of H-pyrrole nitrogens is 1. The van der Waals surface area contributed by atoms with Gasteiger partial charge in [-0.25, -0.2) is 4.79 Å². The third-order valence-corrected chi connectivity index (χ3v) is 6.26. The van der Waals surface area contributed by atoms with E-state index in [2.05, 4.69) is 31.4 Å². The fourth-order valence-corrected chi connectivity index (χ4v) is 4.26. The predicted octanol–water partition coefficient (Wildman–Crippen LogP) is 3.64. The van der Waals surface area contributed by atoms with Crippen molar-refractivity contribution in [3.63, 3.8) is 0 Å². The number of amides is 3. The van der Waals surface area contributed by atoms with Crippen LogP contribution in [0.1, 0.15) is 42.6 Å². The number of aromatic amines is 1. The highest BCUT2D eigenvalue weighted by atomic mass is 79.9. The van der Waals surface area contributed by atoms with E-state index in [0.29, 0.717) is 37.9 Å². The lowest BCUT2D eigenvalue weighted by Gasteiger charge is -2.35. The number of halogens is 1. The molecule has 1 aromatic carbocycles. The Labute approximate surface area is 179 Å². The van der Waals surface area contributed by atoms with E-state index in [1.807, 2.05) is 29.2 Å². The normalized spacial score (nSPS) is 18.0. The van der Waals surface area contributed by atoms with Gasteiger partial charge in [-0.15, -0.1) is 0 Å². The third-order valence-electron chi connectivity index (χ3n) is 5.74. The van der Waals surface area contributed by atoms with Gasteiger partial charge in [0.1, 0.15) is 5.69 Å². The number of aromatic nitrogens is 2. The molecule has 154 valence electrons. The predicted molar refractivity (Wildman–Crippen MR) is 115 cm³/mol. The van der Waals surface area contributed by atoms with Crippen LogP contribution in [0.4, 0.5) is 4.79 Å². The summed E-state index contributed by atoms with van der Waals surface area (Å²) in [6.07, 6.45) is 5.80. The highest BCUT2D eigenvalue weighted by Crippen LogP contribution is 2.21. The smallest absolute Gasteiger partial charge is 0.317 e. The van der Waals surface area contributed by atoms with Gasteiger partial charge in [0.05, 0.1) is 5.69 Å². The summed E-state index contributed by atoms with van der Waals surface area (Å²) >= 11 is 3.42. The Bertz CT molecular complexity index is 852. The van der Waals surface area contributed by atoms with Gasteiger partial charge in [-0.3, -0.25) is 9.89 Å². The largest absolute Gasteiger partial charge is 0.335 e. The fourth-order valence-electron chi connectivity index (χ4n) is 4.00. The molecule has 0 spiro atoms. The first-order valence-electron chi connectivity index (χ1n) is 10.3. The minimum absolute atomic E-state index is 0.00284. The molecule has 7 nitrogen and oxygen atoms in total. The summed E-state index contributed by atoms with van der Waals surface area (Å²) in [6, 6.07) is 9.90. The van der Waals surface area contributed by atoms with E-state index in [-0.39, 0.29) is 11.9 Å². The highest BCUT2D eigenvalue weighted by Gasteiger charge is 2.27. The molecule has 2 heterocycles. The van der Waals surface area contributed by atoms with E-state index in [9.17, 15) is 9.59 Å². The first-order valence-corrected chi connectivity index (χ1v) is 11.1. The Morgan fingerprint density at radius 2 is 1.66 bits per heavy atom. The number of rotatable bonds is 3. The van der Waals surface area contributed by atoms with Gasteiger partial charge in [-0.05, 0) is 31.0 Å². The van der Waals surface area contributed by atoms with Crippen LogP contribution in [0.2, 0.25) is 0 Å². The van der Waals surface area contributed by atoms with Crippen LogP contribution in [0.25, 0.3) is 11.3 Å². The molecule has 2 aromatic rings. The maximum atomic E-state index is 12.8. The van der Waals surface area contributed by atoms with E-state index >= 15 is 0 Å². The van der Waals surface area contributed by atoms with Gasteiger partial charge in [-0.2, -0.15) is 5.10 Å². The van der Waals surface area contributed by atoms with Gasteiger partial charge < -0.3 is 15.1 Å². The van der Waals surface area contributed by atoms with Crippen LogP contribution in [0, 0.1) is 0 Å². The molecule has 29 heavy (non-hydrogen) atoms. The molecule has 0 bridgehead atoms. The van der Waals surface area contributed by atoms with Crippen LogP contribution in [-0.2, 0) is 0 Å². The van der Waals surface area contributed by atoms with E-state index in [0.717, 1.165) is 28.6 Å². The third kappa shape index (κ3) is 4.80. The topological polar surface area (TPSA) is 81.3 Å². The molecule has 2 fully saturated rings. The summed E-state index contributed by atoms with van der Waals surface area (Å²) in [5.41, 5.74) is 2.17. The lowest BCUT2D eigenvalue weighted by atomic mass is 9.96. The fraction of sp³-hybridized carbons (Fsp3) is 0.476. The summed E-state index contributed by atoms with van der Waals surface area (Å²) in [5, 5.41) is 10.3. The maximum Gasteiger partial charge on any atom is 0.317 e. The van der Waals surface area contributed by atoms with Crippen LogP contribution in [0.3, 0.4) is 0 Å². The number of carbonyl (C=O) groups is 2. The van der Waals surface area contributed by atoms with Gasteiger partial charge >= 0.3 is 6.03 Å². The van der Waals surface area contributed by atoms with Gasteiger partial charge in [0, 0.05) is 42.3 Å². The van der Waals surface area contributed by atoms with Gasteiger partial charge in [0.25, 0.3) is 5.91 Å². The molecule has 1 aliphatic carbocycles. The zero-order chi connectivity index (χ0) is 20.2. The summed E-state index contributed by atoms with van der Waals surface area (Å²) in [4.78, 5) is 28.9. The van der Waals surface area contributed by atoms with Crippen molar-refractivity contribution in [1.82, 2.24) is 25.3 Å². The summed E-state index contributed by atoms with van der Waals surface area (Å²) in [6.45, 7) is 2.17. The molecular weight excluding hydrogens is 434 g/mol. The van der Waals surface area contributed by atoms with Gasteiger partial charge in [0.15, 0.2) is 0 Å². The number of hydrogen-bond acceptors (Lipinski definition) is 3. The zero-order valence-corrected chi connectivity index (χ0v) is 18.0. The quantitative estimate of drug-likeness (QED) is 0.734. The van der Waals surface area contributed by atoms with Crippen molar-refractivity contribution in [3.05, 3.63) is 40.5 Å². The SMILES string of the molecule is O=C(NC1CCCCC1)N1CCN(C(=O)c2cc(-c3ccc(Br)cc3)n[nH]2)CC1. The number of benzene rings is 1. The molecule has 0 unspecified atom stereocenters. The molecule has 1 aromatic heterocycles. The van der Waals surface area contributed by atoms with Crippen LogP contribution in [0.5, 0.6) is 0 Å². The standard InChI is InChI=1S/C21H26BrN5O2/c22-16-8-6-15(7-9-16)18-14-19(25-24-18)20(28)26-10-12-27(13-11-26)21(29)23-17-4-2-1-3-5-17/h6-9,14,17H,1-5,10-13H2,(H,23,29)(H,24,25). The molecule has 8 heteroatoms. The first-order chi connectivity index (χ1) is 14.1. The number of urea groups is 1. The van der Waals surface area contributed by atoms with Crippen molar-refractivity contribution >= 4 is 27.9 Å². The second-order valence-corrected chi connectivity index (χ2v) is 8.65. The van der Waals surface area contributed by atoms with Crippen molar-refractivity contribution in [2.45, 2.75) is 38.1 Å². The zero-order valence-electron chi connectivity index (χ0n) is 16.4. The Balaban J connectivity index is 1.31. The van der Waals surface area contributed by atoms with Crippen molar-refractivity contribution in [3.8, 4) is 11.3 Å². The lowest BCUT2D eigenvalue weighted by molar-refractivity contribution is 0.0656. The van der Waals surface area contributed by atoms with Crippen molar-refractivity contribution in [2.24, 2.45) is 0 Å². The van der Waals surface area contributed by atoms with E-state index in [1.54, 1.807) is 11.0 Å². The average Bonchev–Trinajstić information content (AvgIpc) is 3.25. The Morgan fingerprint density at radius 3 is 2.34 bits per heavy atom. The lowest BCUT2D eigenvalue weighted by Crippen LogP contribution is -2.54. The first kappa shape index (κ1) is 19.9. The van der Waals surface area contributed by atoms with Crippen LogP contribution >= 0.6 is 15.9 Å². The minimum atomic E-state index is -0.0757. The van der Waals surface area contributed by atoms with Crippen LogP contribution < -0.4 is 5.32 Å². The van der Waals surface area contributed by atoms with Gasteiger partial charge in [0.2, 0.25) is 0 Å². The Morgan fingerprint density at radius 1 is 1.00 bits per heavy atom. The molecule has 4 rings (SSSR count). The molecule has 3 amide bonds. The number of carbonyl (C=O) groups excluding carboxylic acids is 2. The maximum absolute atomic E-state index is 12.8. The average molecular weight is 460 g/mol. The minimum Gasteiger partial charge on any atom is -0.335 e. The molecule has 2 aliphatic rings. The summed E-state index contributed by atoms with van der Waals surface area (Å²) < 4.78 is 0.999. The number of hydrogen-bond donors (Lipinski definition) is 2. The molecular formula is C21H26BrN5O2. The number of piperazine rings is 1. The van der Waals surface area contributed by atoms with Crippen molar-refractivity contribution in [1.29, 1.82) is 0 Å². The van der Waals surface area contributed by atoms with Crippen LogP contribution in [0.15, 0.2) is 34.8 Å². The number of nitrogens with one attached hydrogen (secondary N) is 2. The summed E-state index contributed by atoms with van der Waals surface area (Å²) in [5.74, 6) is -0.0757. The molecule has 2 N–H and O–H groups in total. The van der Waals surface area contributed by atoms with Crippen molar-refractivity contribution in [2.75, 3.05) is 26.2 Å². The Hall–Kier alpha value is -2.35. The second kappa shape index (κ2) is 8.98. The Kier molecular flexibility index (Phi) is 6.18. The van der Waals surface area contributed by atoms with E-state index < -0.39 is 0 Å². The van der Waals surface area contributed by atoms with E-state index in [4.69, 9.17) is 0 Å². The van der Waals surface area contributed by atoms with Crippen molar-refractivity contribution < 1.29 is 9.59 Å². The molecule has 1 aliphatic heterocycles.